The molecule has 5 nitrogen and oxygen atoms in total. The number of hydrogen-bond donors (Lipinski definition) is 0. The fourth-order valence-corrected chi connectivity index (χ4v) is 3.01. The van der Waals surface area contributed by atoms with E-state index in [-0.39, 0.29) is 5.91 Å². The Morgan fingerprint density at radius 2 is 1.76 bits per heavy atom. The van der Waals surface area contributed by atoms with Gasteiger partial charge in [0.25, 0.3) is 5.91 Å². The molecule has 0 N–H and O–H groups in total. The van der Waals surface area contributed by atoms with E-state index in [1.165, 1.54) is 6.08 Å². The van der Waals surface area contributed by atoms with Crippen LogP contribution in [0.1, 0.15) is 11.3 Å². The van der Waals surface area contributed by atoms with E-state index >= 15 is 0 Å². The van der Waals surface area contributed by atoms with E-state index in [1.54, 1.807) is 29.4 Å². The summed E-state index contributed by atoms with van der Waals surface area (Å²) in [5.41, 5.74) is 1.81. The summed E-state index contributed by atoms with van der Waals surface area (Å²) in [7, 11) is 0. The zero-order valence-corrected chi connectivity index (χ0v) is 15.9. The monoisotopic (exact) mass is 387 g/mol. The number of hydrogen-bond acceptors (Lipinski definition) is 4. The molecule has 2 aromatic carbocycles. The highest BCUT2D eigenvalue weighted by Gasteiger charge is 2.17. The van der Waals surface area contributed by atoms with E-state index < -0.39 is 0 Å². The average molecular weight is 387 g/mol. The van der Waals surface area contributed by atoms with E-state index in [4.69, 9.17) is 13.9 Å². The molecule has 0 unspecified atom stereocenters. The summed E-state index contributed by atoms with van der Waals surface area (Å²) in [6.45, 7) is 1.44. The van der Waals surface area contributed by atoms with Crippen LogP contribution in [0.2, 0.25) is 0 Å². The van der Waals surface area contributed by atoms with E-state index in [0.29, 0.717) is 37.0 Å². The Morgan fingerprint density at radius 1 is 0.931 bits per heavy atom. The minimum absolute atomic E-state index is 0.157. The summed E-state index contributed by atoms with van der Waals surface area (Å²) >= 11 is 0. The number of fused-ring (bicyclic) bond motifs is 1. The standard InChI is InChI=1S/C24H21NO4/c26-24(13-11-21-9-5-15-27-21)25(14-4-8-19-6-2-1-3-7-19)20-10-12-22-23(18-20)29-17-16-28-22/h1-13,15,18H,14,16-17H2/b8-4+,13-11+. The quantitative estimate of drug-likeness (QED) is 0.570. The minimum atomic E-state index is -0.157. The van der Waals surface area contributed by atoms with Crippen LogP contribution in [0.5, 0.6) is 11.5 Å². The van der Waals surface area contributed by atoms with Crippen LogP contribution in [0, 0.1) is 0 Å². The number of carbonyl (C=O) groups excluding carboxylic acids is 1. The summed E-state index contributed by atoms with van der Waals surface area (Å²) in [5, 5.41) is 0. The molecule has 0 saturated carbocycles. The summed E-state index contributed by atoms with van der Waals surface area (Å²) in [6.07, 6.45) is 8.70. The maximum absolute atomic E-state index is 12.9. The van der Waals surface area contributed by atoms with Gasteiger partial charge in [-0.1, -0.05) is 42.5 Å². The Labute approximate surface area is 169 Å². The van der Waals surface area contributed by atoms with Crippen LogP contribution in [0.25, 0.3) is 12.2 Å². The van der Waals surface area contributed by atoms with Gasteiger partial charge in [-0.15, -0.1) is 0 Å². The number of ether oxygens (including phenoxy) is 2. The van der Waals surface area contributed by atoms with Gasteiger partial charge in [-0.3, -0.25) is 4.79 Å². The molecule has 29 heavy (non-hydrogen) atoms. The molecule has 0 bridgehead atoms. The normalized spacial score (nSPS) is 13.1. The number of carbonyl (C=O) groups is 1. The van der Waals surface area contributed by atoms with Gasteiger partial charge in [-0.2, -0.15) is 0 Å². The van der Waals surface area contributed by atoms with Crippen LogP contribution in [0.3, 0.4) is 0 Å². The molecule has 4 rings (SSSR count). The molecule has 0 aliphatic carbocycles. The first-order chi connectivity index (χ1) is 14.3. The Balaban J connectivity index is 1.57. The summed E-state index contributed by atoms with van der Waals surface area (Å²) in [5.74, 6) is 1.81. The third-order valence-electron chi connectivity index (χ3n) is 4.43. The lowest BCUT2D eigenvalue weighted by Crippen LogP contribution is -2.29. The van der Waals surface area contributed by atoms with Crippen molar-refractivity contribution in [1.29, 1.82) is 0 Å². The molecule has 3 aromatic rings. The Bertz CT molecular complexity index is 1010. The van der Waals surface area contributed by atoms with Gasteiger partial charge < -0.3 is 18.8 Å². The molecule has 0 radical (unpaired) electrons. The van der Waals surface area contributed by atoms with Crippen LogP contribution in [0.4, 0.5) is 5.69 Å². The van der Waals surface area contributed by atoms with E-state index in [2.05, 4.69) is 0 Å². The molecule has 1 aliphatic rings. The first-order valence-corrected chi connectivity index (χ1v) is 9.44. The molecule has 2 heterocycles. The average Bonchev–Trinajstić information content (AvgIpc) is 3.29. The first-order valence-electron chi connectivity index (χ1n) is 9.44. The van der Waals surface area contributed by atoms with Crippen LogP contribution in [0.15, 0.2) is 83.5 Å². The summed E-state index contributed by atoms with van der Waals surface area (Å²) in [6, 6.07) is 19.1. The van der Waals surface area contributed by atoms with Gasteiger partial charge in [0, 0.05) is 24.4 Å². The van der Waals surface area contributed by atoms with Crippen molar-refractivity contribution in [1.82, 2.24) is 0 Å². The number of nitrogens with zero attached hydrogens (tertiary/aromatic N) is 1. The third kappa shape index (κ3) is 4.76. The van der Waals surface area contributed by atoms with Crippen molar-refractivity contribution < 1.29 is 18.7 Å². The molecule has 1 amide bonds. The maximum Gasteiger partial charge on any atom is 0.251 e. The van der Waals surface area contributed by atoms with Gasteiger partial charge >= 0.3 is 0 Å². The Hall–Kier alpha value is -3.73. The lowest BCUT2D eigenvalue weighted by Gasteiger charge is -2.23. The lowest BCUT2D eigenvalue weighted by molar-refractivity contribution is -0.114. The van der Waals surface area contributed by atoms with E-state index in [1.807, 2.05) is 60.7 Å². The fraction of sp³-hybridized carbons (Fsp3) is 0.125. The van der Waals surface area contributed by atoms with Crippen LogP contribution >= 0.6 is 0 Å². The predicted octanol–water partition coefficient (Wildman–Crippen LogP) is 4.81. The Morgan fingerprint density at radius 3 is 2.55 bits per heavy atom. The molecular weight excluding hydrogens is 366 g/mol. The number of amides is 1. The van der Waals surface area contributed by atoms with Crippen molar-refractivity contribution in [3.63, 3.8) is 0 Å². The largest absolute Gasteiger partial charge is 0.486 e. The number of benzene rings is 2. The van der Waals surface area contributed by atoms with E-state index in [0.717, 1.165) is 11.3 Å². The molecule has 0 spiro atoms. The van der Waals surface area contributed by atoms with Gasteiger partial charge in [0.2, 0.25) is 0 Å². The topological polar surface area (TPSA) is 51.9 Å². The van der Waals surface area contributed by atoms with Gasteiger partial charge in [-0.25, -0.2) is 0 Å². The second-order valence-corrected chi connectivity index (χ2v) is 6.44. The van der Waals surface area contributed by atoms with Gasteiger partial charge in [0.15, 0.2) is 11.5 Å². The van der Waals surface area contributed by atoms with Gasteiger partial charge in [0.05, 0.1) is 6.26 Å². The molecule has 0 fully saturated rings. The van der Waals surface area contributed by atoms with Crippen molar-refractivity contribution in [2.45, 2.75) is 0 Å². The van der Waals surface area contributed by atoms with Gasteiger partial charge in [-0.05, 0) is 35.9 Å². The fourth-order valence-electron chi connectivity index (χ4n) is 3.01. The van der Waals surface area contributed by atoms with Crippen LogP contribution < -0.4 is 14.4 Å². The molecule has 0 saturated heterocycles. The van der Waals surface area contributed by atoms with E-state index in [9.17, 15) is 4.79 Å². The molecular formula is C24H21NO4. The second kappa shape index (κ2) is 8.97. The third-order valence-corrected chi connectivity index (χ3v) is 4.43. The second-order valence-electron chi connectivity index (χ2n) is 6.44. The zero-order valence-electron chi connectivity index (χ0n) is 15.9. The Kier molecular flexibility index (Phi) is 5.76. The zero-order chi connectivity index (χ0) is 19.9. The predicted molar refractivity (Wildman–Crippen MR) is 113 cm³/mol. The van der Waals surface area contributed by atoms with Gasteiger partial charge in [0.1, 0.15) is 19.0 Å². The summed E-state index contributed by atoms with van der Waals surface area (Å²) < 4.78 is 16.5. The molecule has 1 aliphatic heterocycles. The number of rotatable bonds is 6. The summed E-state index contributed by atoms with van der Waals surface area (Å²) in [4.78, 5) is 14.6. The van der Waals surface area contributed by atoms with Crippen LogP contribution in [-0.4, -0.2) is 25.7 Å². The number of furan rings is 1. The highest BCUT2D eigenvalue weighted by atomic mass is 16.6. The van der Waals surface area contributed by atoms with Crippen molar-refractivity contribution in [3.05, 3.63) is 90.4 Å². The lowest BCUT2D eigenvalue weighted by atomic mass is 10.2. The molecule has 0 atom stereocenters. The van der Waals surface area contributed by atoms with Crippen molar-refractivity contribution >= 4 is 23.7 Å². The van der Waals surface area contributed by atoms with Crippen molar-refractivity contribution in [3.8, 4) is 11.5 Å². The maximum atomic E-state index is 12.9. The van der Waals surface area contributed by atoms with Crippen LogP contribution in [-0.2, 0) is 4.79 Å². The highest BCUT2D eigenvalue weighted by Crippen LogP contribution is 2.34. The number of anilines is 1. The molecule has 5 heteroatoms. The first kappa shape index (κ1) is 18.6. The van der Waals surface area contributed by atoms with Crippen molar-refractivity contribution in [2.24, 2.45) is 0 Å². The minimum Gasteiger partial charge on any atom is -0.486 e. The highest BCUT2D eigenvalue weighted by molar-refractivity contribution is 6.04. The van der Waals surface area contributed by atoms with Crippen molar-refractivity contribution in [2.75, 3.05) is 24.7 Å². The SMILES string of the molecule is O=C(/C=C/c1ccco1)N(C/C=C/c1ccccc1)c1ccc2c(c1)OCCO2. The smallest absolute Gasteiger partial charge is 0.251 e. The molecule has 1 aromatic heterocycles. The molecule has 146 valence electrons.